The lowest BCUT2D eigenvalue weighted by Gasteiger charge is -2.32. The third-order valence-corrected chi connectivity index (χ3v) is 7.52. The largest absolute Gasteiger partial charge is 0.391 e. The van der Waals surface area contributed by atoms with Gasteiger partial charge < -0.3 is 20.5 Å². The monoisotopic (exact) mass is 458 g/mol. The first-order valence-corrected chi connectivity index (χ1v) is 12.1. The summed E-state index contributed by atoms with van der Waals surface area (Å²) < 4.78 is 5.92. The van der Waals surface area contributed by atoms with E-state index in [9.17, 15) is 9.90 Å². The van der Waals surface area contributed by atoms with Crippen LogP contribution < -0.4 is 11.1 Å². The van der Waals surface area contributed by atoms with Crippen molar-refractivity contribution in [2.24, 2.45) is 11.1 Å². The minimum Gasteiger partial charge on any atom is -0.391 e. The van der Waals surface area contributed by atoms with Crippen LogP contribution in [0.2, 0.25) is 0 Å². The fraction of sp³-hybridized carbons (Fsp3) is 0.583. The molecule has 6 atom stereocenters. The van der Waals surface area contributed by atoms with Crippen molar-refractivity contribution in [3.8, 4) is 10.4 Å². The molecule has 0 spiro atoms. The molecule has 2 aliphatic rings. The molecule has 3 heterocycles. The second-order valence-corrected chi connectivity index (χ2v) is 10.9. The Morgan fingerprint density at radius 2 is 2.03 bits per heavy atom. The number of rotatable bonds is 6. The molecule has 7 nitrogen and oxygen atoms in total. The van der Waals surface area contributed by atoms with Gasteiger partial charge in [-0.25, -0.2) is 4.98 Å². The van der Waals surface area contributed by atoms with Gasteiger partial charge in [0, 0.05) is 12.6 Å². The van der Waals surface area contributed by atoms with E-state index in [0.29, 0.717) is 13.0 Å². The lowest BCUT2D eigenvalue weighted by atomic mass is 9.86. The van der Waals surface area contributed by atoms with E-state index in [1.165, 1.54) is 16.0 Å². The van der Waals surface area contributed by atoms with Crippen molar-refractivity contribution >= 4 is 17.2 Å². The molecule has 0 radical (unpaired) electrons. The molecule has 1 aromatic heterocycles. The summed E-state index contributed by atoms with van der Waals surface area (Å²) in [5.41, 5.74) is 11.1. The van der Waals surface area contributed by atoms with Crippen molar-refractivity contribution < 1.29 is 14.6 Å². The number of thiazole rings is 1. The average Bonchev–Trinajstić information content (AvgIpc) is 3.17. The first-order chi connectivity index (χ1) is 15.1. The third-order valence-electron chi connectivity index (χ3n) is 6.54. The van der Waals surface area contributed by atoms with Gasteiger partial charge in [-0.1, -0.05) is 45.0 Å². The van der Waals surface area contributed by atoms with Crippen LogP contribution in [0, 0.1) is 12.3 Å². The number of benzene rings is 1. The summed E-state index contributed by atoms with van der Waals surface area (Å²) in [6, 6.07) is 7.82. The molecule has 2 fully saturated rings. The summed E-state index contributed by atoms with van der Waals surface area (Å²) in [5.74, 6) is -0.115. The van der Waals surface area contributed by atoms with Crippen molar-refractivity contribution in [1.29, 1.82) is 0 Å². The summed E-state index contributed by atoms with van der Waals surface area (Å²) in [4.78, 5) is 20.2. The van der Waals surface area contributed by atoms with E-state index in [4.69, 9.17) is 10.5 Å². The molecular weight excluding hydrogens is 424 g/mol. The molecule has 174 valence electrons. The number of aromatic nitrogens is 1. The summed E-state index contributed by atoms with van der Waals surface area (Å²) in [7, 11) is 0. The predicted octanol–water partition coefficient (Wildman–Crippen LogP) is 2.83. The maximum Gasteiger partial charge on any atom is 0.240 e. The Morgan fingerprint density at radius 1 is 1.34 bits per heavy atom. The SMILES string of the molecule is Cc1ncsc1-c1ccc([C@H](C)NC2OC2[C@@H]2CC(O)CN2C(=O)[C@@H](N)C(C)(C)C)cc1. The van der Waals surface area contributed by atoms with Gasteiger partial charge in [-0.15, -0.1) is 11.3 Å². The minimum absolute atomic E-state index is 0.0916. The van der Waals surface area contributed by atoms with Crippen LogP contribution in [-0.4, -0.2) is 58.0 Å². The van der Waals surface area contributed by atoms with E-state index in [-0.39, 0.29) is 35.7 Å². The Kier molecular flexibility index (Phi) is 6.44. The first kappa shape index (κ1) is 23.3. The maximum atomic E-state index is 13.0. The van der Waals surface area contributed by atoms with Crippen LogP contribution in [0.4, 0.5) is 0 Å². The van der Waals surface area contributed by atoms with Crippen molar-refractivity contribution in [3.05, 3.63) is 41.0 Å². The number of nitrogens with zero attached hydrogens (tertiary/aromatic N) is 2. The molecular formula is C24H34N4O3S. The molecule has 2 aromatic rings. The standard InChI is InChI=1S/C24H34N4O3S/c1-13(15-6-8-16(9-7-15)20-14(2)26-12-32-20)27-22-19(31-22)18-10-17(29)11-28(18)23(30)21(25)24(3,4)5/h6-9,12-13,17-19,21-22,27,29H,10-11,25H2,1-5H3/t13-,17?,18-,19?,21+,22?/m0/s1. The van der Waals surface area contributed by atoms with Crippen molar-refractivity contribution in [1.82, 2.24) is 15.2 Å². The van der Waals surface area contributed by atoms with E-state index in [1.807, 2.05) is 33.2 Å². The number of amides is 1. The molecule has 0 aliphatic carbocycles. The van der Waals surface area contributed by atoms with E-state index in [1.54, 1.807) is 16.2 Å². The number of β-amino-alcohol motifs (C(OH)–C–C–N with tert-alkyl or cyclic N) is 1. The van der Waals surface area contributed by atoms with Gasteiger partial charge in [0.2, 0.25) is 5.91 Å². The molecule has 32 heavy (non-hydrogen) atoms. The Balaban J connectivity index is 1.37. The molecule has 0 bridgehead atoms. The number of carbonyl (C=O) groups excluding carboxylic acids is 1. The zero-order valence-electron chi connectivity index (χ0n) is 19.4. The highest BCUT2D eigenvalue weighted by Crippen LogP contribution is 2.36. The Hall–Kier alpha value is -1.84. The van der Waals surface area contributed by atoms with Crippen LogP contribution >= 0.6 is 11.3 Å². The minimum atomic E-state index is -0.611. The number of likely N-dealkylation sites (tertiary alicyclic amines) is 1. The zero-order valence-corrected chi connectivity index (χ0v) is 20.2. The Bertz CT molecular complexity index is 955. The Morgan fingerprint density at radius 3 is 2.62 bits per heavy atom. The maximum absolute atomic E-state index is 13.0. The van der Waals surface area contributed by atoms with Gasteiger partial charge in [0.05, 0.1) is 34.3 Å². The fourth-order valence-electron chi connectivity index (χ4n) is 4.35. The van der Waals surface area contributed by atoms with Crippen molar-refractivity contribution in [2.75, 3.05) is 6.54 Å². The van der Waals surface area contributed by atoms with Crippen LogP contribution in [0.3, 0.4) is 0 Å². The highest BCUT2D eigenvalue weighted by atomic mass is 32.1. The number of carbonyl (C=O) groups is 1. The summed E-state index contributed by atoms with van der Waals surface area (Å²) in [6.45, 7) is 10.3. The molecule has 4 rings (SSSR count). The zero-order chi connectivity index (χ0) is 23.2. The normalized spacial score (nSPS) is 27.4. The molecule has 2 aliphatic heterocycles. The van der Waals surface area contributed by atoms with Gasteiger partial charge in [-0.3, -0.25) is 10.1 Å². The number of ether oxygens (including phenoxy) is 1. The lowest BCUT2D eigenvalue weighted by molar-refractivity contribution is -0.136. The van der Waals surface area contributed by atoms with Crippen LogP contribution in [0.5, 0.6) is 0 Å². The van der Waals surface area contributed by atoms with E-state index < -0.39 is 12.1 Å². The summed E-state index contributed by atoms with van der Waals surface area (Å²) in [6.07, 6.45) is -0.307. The third kappa shape index (κ3) is 4.75. The van der Waals surface area contributed by atoms with E-state index in [0.717, 1.165) is 5.69 Å². The molecule has 1 aromatic carbocycles. The molecule has 4 N–H and O–H groups in total. The van der Waals surface area contributed by atoms with Gasteiger partial charge in [0.15, 0.2) is 0 Å². The number of aryl methyl sites for hydroxylation is 1. The molecule has 2 saturated heterocycles. The molecule has 1 amide bonds. The number of aliphatic hydroxyl groups excluding tert-OH is 1. The van der Waals surface area contributed by atoms with E-state index in [2.05, 4.69) is 41.5 Å². The molecule has 0 saturated carbocycles. The second kappa shape index (κ2) is 8.83. The number of hydrogen-bond acceptors (Lipinski definition) is 7. The van der Waals surface area contributed by atoms with Crippen molar-refractivity contribution in [3.63, 3.8) is 0 Å². The van der Waals surface area contributed by atoms with Gasteiger partial charge >= 0.3 is 0 Å². The number of nitrogens with one attached hydrogen (secondary N) is 1. The highest BCUT2D eigenvalue weighted by Gasteiger charge is 2.53. The van der Waals surface area contributed by atoms with Gasteiger partial charge in [-0.2, -0.15) is 0 Å². The lowest BCUT2D eigenvalue weighted by Crippen LogP contribution is -2.53. The van der Waals surface area contributed by atoms with Gasteiger partial charge in [0.25, 0.3) is 0 Å². The predicted molar refractivity (Wildman–Crippen MR) is 126 cm³/mol. The number of aliphatic hydroxyl groups is 1. The second-order valence-electron chi connectivity index (χ2n) is 10.1. The van der Waals surface area contributed by atoms with Gasteiger partial charge in [-0.05, 0) is 36.8 Å². The van der Waals surface area contributed by atoms with Crippen LogP contribution in [0.25, 0.3) is 10.4 Å². The Labute approximate surface area is 194 Å². The quantitative estimate of drug-likeness (QED) is 0.575. The van der Waals surface area contributed by atoms with E-state index >= 15 is 0 Å². The van der Waals surface area contributed by atoms with Crippen LogP contribution in [-0.2, 0) is 9.53 Å². The van der Waals surface area contributed by atoms with Crippen LogP contribution in [0.15, 0.2) is 29.8 Å². The number of nitrogens with two attached hydrogens (primary N) is 1. The first-order valence-electron chi connectivity index (χ1n) is 11.2. The average molecular weight is 459 g/mol. The van der Waals surface area contributed by atoms with Crippen LogP contribution in [0.1, 0.15) is 51.4 Å². The van der Waals surface area contributed by atoms with Gasteiger partial charge in [0.1, 0.15) is 12.3 Å². The fourth-order valence-corrected chi connectivity index (χ4v) is 5.16. The summed E-state index contributed by atoms with van der Waals surface area (Å²) >= 11 is 1.65. The summed E-state index contributed by atoms with van der Waals surface area (Å²) in [5, 5.41) is 13.7. The number of epoxide rings is 1. The smallest absolute Gasteiger partial charge is 0.240 e. The molecule has 8 heteroatoms. The number of hydrogen-bond donors (Lipinski definition) is 3. The highest BCUT2D eigenvalue weighted by molar-refractivity contribution is 7.13. The topological polar surface area (TPSA) is 104 Å². The molecule has 3 unspecified atom stereocenters. The van der Waals surface area contributed by atoms with Crippen molar-refractivity contribution in [2.45, 2.75) is 77.6 Å².